The number of hydrogen-bond donors (Lipinski definition) is 2. The number of thiazole rings is 1. The number of aromatic nitrogens is 1. The maximum Gasteiger partial charge on any atom is 0.347 e. The van der Waals surface area contributed by atoms with Crippen molar-refractivity contribution in [3.05, 3.63) is 15.6 Å². The number of rotatable bonds is 3. The fraction of sp³-hybridized carbons (Fsp3) is 0.750. The van der Waals surface area contributed by atoms with Crippen LogP contribution in [-0.2, 0) is 11.0 Å². The van der Waals surface area contributed by atoms with Crippen molar-refractivity contribution in [3.63, 3.8) is 0 Å². The van der Waals surface area contributed by atoms with Crippen molar-refractivity contribution in [3.8, 4) is 0 Å². The van der Waals surface area contributed by atoms with Gasteiger partial charge in [-0.1, -0.05) is 34.1 Å². The molecular formula is C16H26N2O2S. The summed E-state index contributed by atoms with van der Waals surface area (Å²) in [5.74, 6) is -0.141. The molecule has 21 heavy (non-hydrogen) atoms. The minimum absolute atomic E-state index is 0.278. The molecule has 0 saturated heterocycles. The summed E-state index contributed by atoms with van der Waals surface area (Å²) < 4.78 is 0. The summed E-state index contributed by atoms with van der Waals surface area (Å²) in [6.45, 7) is 8.21. The molecule has 1 aromatic heterocycles. The van der Waals surface area contributed by atoms with Gasteiger partial charge in [-0.15, -0.1) is 11.3 Å². The van der Waals surface area contributed by atoms with Crippen LogP contribution in [0.4, 0.5) is 0 Å². The first-order chi connectivity index (χ1) is 9.67. The molecule has 1 aliphatic carbocycles. The second-order valence-electron chi connectivity index (χ2n) is 7.26. The molecule has 0 aliphatic heterocycles. The van der Waals surface area contributed by atoms with E-state index in [1.807, 2.05) is 20.8 Å². The third kappa shape index (κ3) is 3.29. The maximum atomic E-state index is 11.5. The lowest BCUT2D eigenvalue weighted by Crippen LogP contribution is -2.40. The monoisotopic (exact) mass is 310 g/mol. The van der Waals surface area contributed by atoms with Crippen LogP contribution in [0.15, 0.2) is 0 Å². The minimum atomic E-state index is -0.894. The molecule has 4 nitrogen and oxygen atoms in total. The topological polar surface area (TPSA) is 76.2 Å². The summed E-state index contributed by atoms with van der Waals surface area (Å²) in [4.78, 5) is 16.5. The van der Waals surface area contributed by atoms with E-state index < -0.39 is 11.5 Å². The third-order valence-electron chi connectivity index (χ3n) is 4.53. The molecule has 1 saturated carbocycles. The first-order valence-electron chi connectivity index (χ1n) is 7.71. The van der Waals surface area contributed by atoms with E-state index in [4.69, 9.17) is 5.73 Å². The molecule has 0 spiro atoms. The molecular weight excluding hydrogens is 284 g/mol. The van der Waals surface area contributed by atoms with E-state index in [2.05, 4.69) is 11.9 Å². The van der Waals surface area contributed by atoms with Crippen molar-refractivity contribution >= 4 is 17.3 Å². The molecule has 0 radical (unpaired) electrons. The van der Waals surface area contributed by atoms with Gasteiger partial charge in [-0.25, -0.2) is 9.78 Å². The lowest BCUT2D eigenvalue weighted by atomic mass is 9.76. The first kappa shape index (κ1) is 16.4. The minimum Gasteiger partial charge on any atom is -0.477 e. The summed E-state index contributed by atoms with van der Waals surface area (Å²) in [5.41, 5.74) is 6.52. The molecule has 0 aromatic carbocycles. The molecule has 1 heterocycles. The smallest absolute Gasteiger partial charge is 0.347 e. The molecule has 2 rings (SSSR count). The van der Waals surface area contributed by atoms with Crippen LogP contribution in [0, 0.1) is 5.92 Å². The first-order valence-corrected chi connectivity index (χ1v) is 8.53. The highest BCUT2D eigenvalue weighted by molar-refractivity contribution is 7.13. The normalized spacial score (nSPS) is 26.8. The zero-order chi connectivity index (χ0) is 15.8. The zero-order valence-electron chi connectivity index (χ0n) is 13.4. The van der Waals surface area contributed by atoms with Crippen LogP contribution in [0.25, 0.3) is 0 Å². The van der Waals surface area contributed by atoms with E-state index in [1.54, 1.807) is 0 Å². The Morgan fingerprint density at radius 1 is 1.43 bits per heavy atom. The van der Waals surface area contributed by atoms with Gasteiger partial charge in [0.1, 0.15) is 9.88 Å². The molecule has 118 valence electrons. The average Bonchev–Trinajstić information content (AvgIpc) is 2.85. The number of hydrogen-bond acceptors (Lipinski definition) is 4. The van der Waals surface area contributed by atoms with E-state index in [0.29, 0.717) is 10.6 Å². The van der Waals surface area contributed by atoms with Crippen molar-refractivity contribution in [2.45, 2.75) is 70.8 Å². The van der Waals surface area contributed by atoms with Gasteiger partial charge in [-0.3, -0.25) is 0 Å². The average molecular weight is 310 g/mol. The second kappa shape index (κ2) is 5.69. The van der Waals surface area contributed by atoms with Crippen LogP contribution in [0.2, 0.25) is 0 Å². The maximum absolute atomic E-state index is 11.5. The van der Waals surface area contributed by atoms with Gasteiger partial charge in [0.25, 0.3) is 0 Å². The highest BCUT2D eigenvalue weighted by Crippen LogP contribution is 2.42. The van der Waals surface area contributed by atoms with Gasteiger partial charge in [-0.2, -0.15) is 0 Å². The fourth-order valence-corrected chi connectivity index (χ4v) is 4.27. The number of nitrogens with zero attached hydrogens (tertiary/aromatic N) is 1. The fourth-order valence-electron chi connectivity index (χ4n) is 3.00. The second-order valence-corrected chi connectivity index (χ2v) is 8.26. The predicted octanol–water partition coefficient (Wildman–Crippen LogP) is 3.89. The van der Waals surface area contributed by atoms with Crippen LogP contribution >= 0.6 is 11.3 Å². The Hall–Kier alpha value is -0.940. The number of carboxylic acid groups (broad SMARTS) is 1. The Morgan fingerprint density at radius 3 is 2.38 bits per heavy atom. The lowest BCUT2D eigenvalue weighted by molar-refractivity contribution is 0.0699. The van der Waals surface area contributed by atoms with Crippen LogP contribution < -0.4 is 5.73 Å². The van der Waals surface area contributed by atoms with Gasteiger partial charge in [0.2, 0.25) is 0 Å². The van der Waals surface area contributed by atoms with E-state index in [-0.39, 0.29) is 5.41 Å². The lowest BCUT2D eigenvalue weighted by Gasteiger charge is -2.35. The molecule has 5 heteroatoms. The Kier molecular flexibility index (Phi) is 4.45. The Bertz CT molecular complexity index is 523. The van der Waals surface area contributed by atoms with Crippen LogP contribution in [0.3, 0.4) is 0 Å². The van der Waals surface area contributed by atoms with Crippen LogP contribution in [-0.4, -0.2) is 16.1 Å². The summed E-state index contributed by atoms with van der Waals surface area (Å²) in [6, 6.07) is 0. The molecule has 1 aromatic rings. The van der Waals surface area contributed by atoms with E-state index in [0.717, 1.165) is 36.6 Å². The molecule has 0 unspecified atom stereocenters. The highest BCUT2D eigenvalue weighted by Gasteiger charge is 2.38. The highest BCUT2D eigenvalue weighted by atomic mass is 32.1. The van der Waals surface area contributed by atoms with Crippen molar-refractivity contribution in [1.82, 2.24) is 4.98 Å². The third-order valence-corrected chi connectivity index (χ3v) is 5.80. The predicted molar refractivity (Wildman–Crippen MR) is 85.9 cm³/mol. The largest absolute Gasteiger partial charge is 0.477 e. The van der Waals surface area contributed by atoms with Gasteiger partial charge >= 0.3 is 5.97 Å². The van der Waals surface area contributed by atoms with Gasteiger partial charge in [-0.05, 0) is 31.6 Å². The van der Waals surface area contributed by atoms with Crippen molar-refractivity contribution in [2.24, 2.45) is 11.7 Å². The van der Waals surface area contributed by atoms with Gasteiger partial charge in [0.15, 0.2) is 0 Å². The number of carbonyl (C=O) groups is 1. The summed E-state index contributed by atoms with van der Waals surface area (Å²) in [5, 5.41) is 10.2. The summed E-state index contributed by atoms with van der Waals surface area (Å²) in [7, 11) is 0. The van der Waals surface area contributed by atoms with E-state index in [9.17, 15) is 9.90 Å². The Morgan fingerprint density at radius 2 is 2.00 bits per heavy atom. The van der Waals surface area contributed by atoms with Crippen molar-refractivity contribution < 1.29 is 9.90 Å². The van der Waals surface area contributed by atoms with Gasteiger partial charge in [0, 0.05) is 5.41 Å². The van der Waals surface area contributed by atoms with E-state index in [1.165, 1.54) is 17.8 Å². The van der Waals surface area contributed by atoms with Crippen LogP contribution in [0.1, 0.15) is 80.2 Å². The van der Waals surface area contributed by atoms with Gasteiger partial charge in [0.05, 0.1) is 11.2 Å². The summed E-state index contributed by atoms with van der Waals surface area (Å²) >= 11 is 1.27. The molecule has 1 fully saturated rings. The molecule has 3 N–H and O–H groups in total. The molecule has 0 amide bonds. The number of nitrogens with two attached hydrogens (primary N) is 1. The number of carboxylic acids is 1. The van der Waals surface area contributed by atoms with Crippen molar-refractivity contribution in [1.29, 1.82) is 0 Å². The molecule has 0 atom stereocenters. The Balaban J connectivity index is 2.35. The van der Waals surface area contributed by atoms with Crippen LogP contribution in [0.5, 0.6) is 0 Å². The quantitative estimate of drug-likeness (QED) is 0.888. The van der Waals surface area contributed by atoms with Crippen molar-refractivity contribution in [2.75, 3.05) is 0 Å². The standard InChI is InChI=1S/C16H26N2O2S/c1-5-10-6-8-16(17,9-7-10)14-18-12(15(2,3)4)11(21-14)13(19)20/h10H,5-9,17H2,1-4H3,(H,19,20). The molecule has 0 bridgehead atoms. The number of aromatic carboxylic acids is 1. The molecule has 1 aliphatic rings. The van der Waals surface area contributed by atoms with Gasteiger partial charge < -0.3 is 10.8 Å². The Labute approximate surface area is 130 Å². The SMILES string of the molecule is CCC1CCC(N)(c2nc(C(C)(C)C)c(C(=O)O)s2)CC1. The van der Waals surface area contributed by atoms with E-state index >= 15 is 0 Å². The zero-order valence-corrected chi connectivity index (χ0v) is 14.2. The summed E-state index contributed by atoms with van der Waals surface area (Å²) in [6.07, 6.45) is 5.23.